The summed E-state index contributed by atoms with van der Waals surface area (Å²) in [5.41, 5.74) is 2.80. The predicted octanol–water partition coefficient (Wildman–Crippen LogP) is 4.27. The van der Waals surface area contributed by atoms with Crippen molar-refractivity contribution in [2.45, 2.75) is 50.2 Å². The molecular weight excluding hydrogens is 426 g/mol. The van der Waals surface area contributed by atoms with Gasteiger partial charge in [-0.25, -0.2) is 9.97 Å². The lowest BCUT2D eigenvalue weighted by molar-refractivity contribution is -0.117. The van der Waals surface area contributed by atoms with Crippen LogP contribution in [-0.2, 0) is 20.7 Å². The smallest absolute Gasteiger partial charge is 0.228 e. The molecule has 0 bridgehead atoms. The first-order chi connectivity index (χ1) is 15.5. The van der Waals surface area contributed by atoms with E-state index in [9.17, 15) is 9.35 Å². The van der Waals surface area contributed by atoms with Gasteiger partial charge < -0.3 is 19.9 Å². The zero-order valence-corrected chi connectivity index (χ0v) is 19.1. The summed E-state index contributed by atoms with van der Waals surface area (Å²) in [6.45, 7) is 2.66. The summed E-state index contributed by atoms with van der Waals surface area (Å²) in [5, 5.41) is 6.36. The van der Waals surface area contributed by atoms with Crippen LogP contribution >= 0.6 is 0 Å². The number of hydrogen-bond acceptors (Lipinski definition) is 6. The largest absolute Gasteiger partial charge is 0.612 e. The number of imidazole rings is 1. The first-order valence-electron chi connectivity index (χ1n) is 11.0. The Morgan fingerprint density at radius 1 is 1.19 bits per heavy atom. The van der Waals surface area contributed by atoms with Gasteiger partial charge in [0.05, 0.1) is 11.4 Å². The highest BCUT2D eigenvalue weighted by Crippen LogP contribution is 2.35. The van der Waals surface area contributed by atoms with E-state index in [1.54, 1.807) is 12.3 Å². The molecule has 0 spiro atoms. The van der Waals surface area contributed by atoms with E-state index >= 15 is 0 Å². The molecule has 9 heteroatoms. The fourth-order valence-corrected chi connectivity index (χ4v) is 4.84. The van der Waals surface area contributed by atoms with Crippen LogP contribution in [0.25, 0.3) is 11.2 Å². The van der Waals surface area contributed by atoms with Gasteiger partial charge in [0.15, 0.2) is 10.5 Å². The fraction of sp³-hybridized carbons (Fsp3) is 0.435. The molecule has 8 nitrogen and oxygen atoms in total. The number of nitrogens with one attached hydrogen (secondary N) is 2. The highest BCUT2D eigenvalue weighted by Gasteiger charge is 2.30. The minimum Gasteiger partial charge on any atom is -0.612 e. The van der Waals surface area contributed by atoms with Gasteiger partial charge in [-0.05, 0) is 62.3 Å². The second-order valence-corrected chi connectivity index (χ2v) is 9.76. The zero-order chi connectivity index (χ0) is 22.2. The van der Waals surface area contributed by atoms with E-state index in [1.807, 2.05) is 35.8 Å². The molecule has 1 aromatic carbocycles. The maximum absolute atomic E-state index is 12.5. The Hall–Kier alpha value is -2.62. The Labute approximate surface area is 190 Å². The van der Waals surface area contributed by atoms with Crippen LogP contribution in [-0.4, -0.2) is 37.9 Å². The maximum Gasteiger partial charge on any atom is 0.228 e. The molecule has 5 rings (SSSR count). The number of para-hydroxylation sites is 1. The summed E-state index contributed by atoms with van der Waals surface area (Å²) in [4.78, 5) is 22.7. The van der Waals surface area contributed by atoms with Gasteiger partial charge in [-0.1, -0.05) is 12.1 Å². The number of ether oxygens (including phenoxy) is 1. The molecule has 2 fully saturated rings. The highest BCUT2D eigenvalue weighted by atomic mass is 32.2. The molecule has 1 aliphatic heterocycles. The number of benzene rings is 1. The Balaban J connectivity index is 1.61. The van der Waals surface area contributed by atoms with E-state index in [0.29, 0.717) is 34.2 Å². The van der Waals surface area contributed by atoms with Crippen LogP contribution in [0, 0.1) is 12.8 Å². The number of aromatic nitrogens is 3. The van der Waals surface area contributed by atoms with Gasteiger partial charge in [0, 0.05) is 18.6 Å². The summed E-state index contributed by atoms with van der Waals surface area (Å²) in [5.74, 6) is 1.35. The molecule has 1 aliphatic carbocycles. The number of rotatable bonds is 6. The van der Waals surface area contributed by atoms with Gasteiger partial charge >= 0.3 is 0 Å². The molecule has 2 aliphatic rings. The lowest BCUT2D eigenvalue weighted by Crippen LogP contribution is -2.20. The van der Waals surface area contributed by atoms with Crippen LogP contribution < -0.4 is 10.6 Å². The standard InChI is InChI=1S/C23H27N5O3S/c1-14-24-21-17(25-16-7-3-4-8-18(16)32(2)30)13-19(27-23(29)15-10-11-15)26-22(21)28(14)20-9-5-6-12-31-20/h3-4,7-8,13,15,20H,5-6,9-12H2,1-2H3,(H2,25,26,27,29)/t20?,32-/m0/s1. The van der Waals surface area contributed by atoms with Gasteiger partial charge in [0.25, 0.3) is 0 Å². The molecule has 3 heterocycles. The number of aryl methyl sites for hydroxylation is 1. The average molecular weight is 454 g/mol. The van der Waals surface area contributed by atoms with Gasteiger partial charge in [-0.15, -0.1) is 0 Å². The van der Waals surface area contributed by atoms with Gasteiger partial charge in [-0.3, -0.25) is 9.36 Å². The van der Waals surface area contributed by atoms with Crippen LogP contribution in [0.2, 0.25) is 0 Å². The Kier molecular flexibility index (Phi) is 5.79. The van der Waals surface area contributed by atoms with Crippen molar-refractivity contribution in [1.82, 2.24) is 14.5 Å². The quantitative estimate of drug-likeness (QED) is 0.540. The van der Waals surface area contributed by atoms with E-state index in [1.165, 1.54) is 0 Å². The zero-order valence-electron chi connectivity index (χ0n) is 18.3. The van der Waals surface area contributed by atoms with Crippen molar-refractivity contribution in [3.8, 4) is 0 Å². The number of hydrogen-bond donors (Lipinski definition) is 2. The number of nitrogens with zero attached hydrogens (tertiary/aromatic N) is 3. The molecule has 3 aromatic rings. The number of pyridine rings is 1. The number of amides is 1. The maximum atomic E-state index is 12.5. The highest BCUT2D eigenvalue weighted by molar-refractivity contribution is 7.90. The van der Waals surface area contributed by atoms with E-state index in [4.69, 9.17) is 14.7 Å². The molecule has 32 heavy (non-hydrogen) atoms. The number of fused-ring (bicyclic) bond motifs is 1. The van der Waals surface area contributed by atoms with E-state index in [0.717, 1.165) is 43.6 Å². The summed E-state index contributed by atoms with van der Waals surface area (Å²) < 4.78 is 20.3. The fourth-order valence-electron chi connectivity index (χ4n) is 4.14. The number of anilines is 3. The lowest BCUT2D eigenvalue weighted by Gasteiger charge is -2.25. The first-order valence-corrected chi connectivity index (χ1v) is 12.6. The van der Waals surface area contributed by atoms with Crippen LogP contribution in [0.15, 0.2) is 35.2 Å². The summed E-state index contributed by atoms with van der Waals surface area (Å²) in [7, 11) is 0. The Morgan fingerprint density at radius 3 is 2.72 bits per heavy atom. The second kappa shape index (κ2) is 8.73. The molecule has 1 amide bonds. The molecular formula is C23H27N5O3S. The molecule has 2 atom stereocenters. The van der Waals surface area contributed by atoms with E-state index in [2.05, 4.69) is 10.6 Å². The Morgan fingerprint density at radius 2 is 2.00 bits per heavy atom. The van der Waals surface area contributed by atoms with Crippen LogP contribution in [0.4, 0.5) is 17.2 Å². The van der Waals surface area contributed by atoms with Crippen molar-refractivity contribution in [2.24, 2.45) is 5.92 Å². The minimum absolute atomic E-state index is 0.00503. The molecule has 1 saturated heterocycles. The van der Waals surface area contributed by atoms with Crippen molar-refractivity contribution in [3.63, 3.8) is 0 Å². The molecule has 1 unspecified atom stereocenters. The van der Waals surface area contributed by atoms with Crippen molar-refractivity contribution in [2.75, 3.05) is 23.5 Å². The molecule has 2 aromatic heterocycles. The van der Waals surface area contributed by atoms with Crippen molar-refractivity contribution in [1.29, 1.82) is 0 Å². The van der Waals surface area contributed by atoms with Crippen LogP contribution in [0.3, 0.4) is 0 Å². The number of carbonyl (C=O) groups is 1. The van der Waals surface area contributed by atoms with Gasteiger partial charge in [0.2, 0.25) is 5.91 Å². The molecule has 168 valence electrons. The van der Waals surface area contributed by atoms with Crippen molar-refractivity contribution >= 4 is 45.4 Å². The minimum atomic E-state index is -1.16. The van der Waals surface area contributed by atoms with Gasteiger partial charge in [0.1, 0.15) is 29.6 Å². The summed E-state index contributed by atoms with van der Waals surface area (Å²) in [6, 6.07) is 9.29. The van der Waals surface area contributed by atoms with Crippen LogP contribution in [0.1, 0.15) is 44.2 Å². The van der Waals surface area contributed by atoms with Gasteiger partial charge in [-0.2, -0.15) is 0 Å². The molecule has 1 saturated carbocycles. The number of carbonyl (C=O) groups excluding carboxylic acids is 1. The van der Waals surface area contributed by atoms with E-state index < -0.39 is 11.2 Å². The monoisotopic (exact) mass is 453 g/mol. The third-order valence-electron chi connectivity index (χ3n) is 5.93. The average Bonchev–Trinajstić information content (AvgIpc) is 3.58. The normalized spacial score (nSPS) is 19.7. The van der Waals surface area contributed by atoms with Crippen molar-refractivity contribution in [3.05, 3.63) is 36.2 Å². The third kappa shape index (κ3) is 4.20. The van der Waals surface area contributed by atoms with Crippen LogP contribution in [0.5, 0.6) is 0 Å². The molecule has 2 N–H and O–H groups in total. The predicted molar refractivity (Wildman–Crippen MR) is 125 cm³/mol. The summed E-state index contributed by atoms with van der Waals surface area (Å²) in [6.07, 6.45) is 6.40. The second-order valence-electron chi connectivity index (χ2n) is 8.42. The lowest BCUT2D eigenvalue weighted by atomic mass is 10.2. The SMILES string of the molecule is Cc1nc2c(Nc3ccccc3[S@+](C)[O-])cc(NC(=O)C3CC3)nc2n1C1CCCCO1. The molecule has 0 radical (unpaired) electrons. The van der Waals surface area contributed by atoms with Crippen molar-refractivity contribution < 1.29 is 14.1 Å². The van der Waals surface area contributed by atoms with E-state index in [-0.39, 0.29) is 18.1 Å². The third-order valence-corrected chi connectivity index (χ3v) is 6.91. The first kappa shape index (κ1) is 21.2. The Bertz CT molecular complexity index is 1150. The summed E-state index contributed by atoms with van der Waals surface area (Å²) >= 11 is -1.16. The topological polar surface area (TPSA) is 104 Å².